The first-order valence-corrected chi connectivity index (χ1v) is 9.79. The van der Waals surface area contributed by atoms with E-state index in [2.05, 4.69) is 5.10 Å². The van der Waals surface area contributed by atoms with Crippen molar-refractivity contribution in [3.05, 3.63) is 96.2 Å². The lowest BCUT2D eigenvalue weighted by molar-refractivity contribution is -0.137. The van der Waals surface area contributed by atoms with Gasteiger partial charge in [-0.3, -0.25) is 4.79 Å². The van der Waals surface area contributed by atoms with E-state index in [1.165, 1.54) is 23.0 Å². The Labute approximate surface area is 181 Å². The number of halogens is 4. The largest absolute Gasteiger partial charge is 0.416 e. The highest BCUT2D eigenvalue weighted by molar-refractivity contribution is 6.63. The van der Waals surface area contributed by atoms with E-state index in [0.29, 0.717) is 11.3 Å². The number of hydrogen-bond acceptors (Lipinski definition) is 2. The molecular weight excluding hydrogens is 425 g/mol. The van der Waals surface area contributed by atoms with Gasteiger partial charge in [-0.1, -0.05) is 60.7 Å². The number of alkyl halides is 3. The average molecular weight is 441 g/mol. The van der Waals surface area contributed by atoms with Gasteiger partial charge in [0.2, 0.25) is 5.24 Å². The normalized spacial score (nSPS) is 11.5. The minimum absolute atomic E-state index is 0.0870. The molecule has 0 amide bonds. The summed E-state index contributed by atoms with van der Waals surface area (Å²) in [4.78, 5) is 11.5. The van der Waals surface area contributed by atoms with Crippen LogP contribution in [0.5, 0.6) is 0 Å². The first-order valence-electron chi connectivity index (χ1n) is 9.41. The maximum absolute atomic E-state index is 13.1. The van der Waals surface area contributed by atoms with Gasteiger partial charge in [0.15, 0.2) is 0 Å². The summed E-state index contributed by atoms with van der Waals surface area (Å²) in [5, 5.41) is 3.89. The van der Waals surface area contributed by atoms with Crippen LogP contribution in [0.3, 0.4) is 0 Å². The van der Waals surface area contributed by atoms with Crippen LogP contribution < -0.4 is 0 Å². The van der Waals surface area contributed by atoms with Gasteiger partial charge in [-0.15, -0.1) is 0 Å². The molecule has 3 aromatic carbocycles. The van der Waals surface area contributed by atoms with Gasteiger partial charge in [0.1, 0.15) is 0 Å². The molecule has 0 bridgehead atoms. The first-order chi connectivity index (χ1) is 14.8. The summed E-state index contributed by atoms with van der Waals surface area (Å²) >= 11 is 5.59. The topological polar surface area (TPSA) is 34.9 Å². The Hall–Kier alpha value is -3.38. The van der Waals surface area contributed by atoms with E-state index in [1.54, 1.807) is 0 Å². The van der Waals surface area contributed by atoms with Crippen molar-refractivity contribution in [2.24, 2.45) is 0 Å². The van der Waals surface area contributed by atoms with Gasteiger partial charge >= 0.3 is 6.18 Å². The molecule has 0 N–H and O–H groups in total. The van der Waals surface area contributed by atoms with Crippen molar-refractivity contribution in [2.45, 2.75) is 12.6 Å². The molecule has 0 aliphatic rings. The number of rotatable bonds is 5. The van der Waals surface area contributed by atoms with Crippen LogP contribution in [0, 0.1) is 0 Å². The molecule has 0 saturated carbocycles. The summed E-state index contributed by atoms with van der Waals surface area (Å²) in [6, 6.07) is 22.3. The number of benzene rings is 3. The number of carbonyl (C=O) groups excluding carboxylic acids is 1. The van der Waals surface area contributed by atoms with Crippen molar-refractivity contribution in [3.8, 4) is 28.1 Å². The fraction of sp³-hybridized carbons (Fsp3) is 0.0833. The van der Waals surface area contributed by atoms with Crippen molar-refractivity contribution in [1.29, 1.82) is 0 Å². The quantitative estimate of drug-likeness (QED) is 0.330. The predicted molar refractivity (Wildman–Crippen MR) is 114 cm³/mol. The van der Waals surface area contributed by atoms with E-state index in [0.717, 1.165) is 28.8 Å². The zero-order valence-electron chi connectivity index (χ0n) is 16.1. The molecule has 1 aromatic heterocycles. The third kappa shape index (κ3) is 4.70. The van der Waals surface area contributed by atoms with Gasteiger partial charge in [-0.25, -0.2) is 4.68 Å². The smallest absolute Gasteiger partial charge is 0.281 e. The monoisotopic (exact) mass is 440 g/mol. The standard InChI is InChI=1S/C24H16ClF3N2O/c25-22(31)13-19-15-30(21-8-4-7-20(14-21)24(26,27)28)29-23(19)18-11-9-17(10-12-18)16-5-2-1-3-6-16/h1-12,14-15H,13H2. The Morgan fingerprint density at radius 3 is 2.16 bits per heavy atom. The van der Waals surface area contributed by atoms with Gasteiger partial charge in [0.25, 0.3) is 0 Å². The summed E-state index contributed by atoms with van der Waals surface area (Å²) in [5.74, 6) is 0. The van der Waals surface area contributed by atoms with E-state index in [9.17, 15) is 18.0 Å². The van der Waals surface area contributed by atoms with E-state index in [1.807, 2.05) is 54.6 Å². The zero-order valence-corrected chi connectivity index (χ0v) is 16.9. The van der Waals surface area contributed by atoms with Crippen LogP contribution >= 0.6 is 11.6 Å². The van der Waals surface area contributed by atoms with Gasteiger partial charge in [0, 0.05) is 17.3 Å². The lowest BCUT2D eigenvalue weighted by Gasteiger charge is -2.08. The molecule has 7 heteroatoms. The SMILES string of the molecule is O=C(Cl)Cc1cn(-c2cccc(C(F)(F)F)c2)nc1-c1ccc(-c2ccccc2)cc1. The van der Waals surface area contributed by atoms with E-state index < -0.39 is 17.0 Å². The number of aromatic nitrogens is 2. The van der Waals surface area contributed by atoms with Crippen molar-refractivity contribution < 1.29 is 18.0 Å². The highest BCUT2D eigenvalue weighted by atomic mass is 35.5. The number of hydrogen-bond donors (Lipinski definition) is 0. The lowest BCUT2D eigenvalue weighted by atomic mass is 10.0. The second-order valence-corrected chi connectivity index (χ2v) is 7.39. The van der Waals surface area contributed by atoms with E-state index in [4.69, 9.17) is 11.6 Å². The van der Waals surface area contributed by atoms with Gasteiger partial charge in [-0.05, 0) is 40.9 Å². The zero-order chi connectivity index (χ0) is 22.0. The predicted octanol–water partition coefficient (Wildman–Crippen LogP) is 6.53. The molecular formula is C24H16ClF3N2O. The van der Waals surface area contributed by atoms with E-state index >= 15 is 0 Å². The highest BCUT2D eigenvalue weighted by Crippen LogP contribution is 2.32. The Morgan fingerprint density at radius 2 is 1.52 bits per heavy atom. The summed E-state index contributed by atoms with van der Waals surface area (Å²) in [5.41, 5.74) is 3.29. The van der Waals surface area contributed by atoms with Gasteiger partial charge in [-0.2, -0.15) is 18.3 Å². The summed E-state index contributed by atoms with van der Waals surface area (Å²) in [7, 11) is 0. The molecule has 0 aliphatic heterocycles. The fourth-order valence-electron chi connectivity index (χ4n) is 3.34. The third-order valence-corrected chi connectivity index (χ3v) is 4.96. The molecule has 0 atom stereocenters. The maximum atomic E-state index is 13.1. The Balaban J connectivity index is 1.74. The van der Waals surface area contributed by atoms with Crippen molar-refractivity contribution in [3.63, 3.8) is 0 Å². The summed E-state index contributed by atoms with van der Waals surface area (Å²) < 4.78 is 40.6. The first kappa shape index (κ1) is 20.9. The summed E-state index contributed by atoms with van der Waals surface area (Å²) in [6.07, 6.45) is -3.01. The minimum atomic E-state index is -4.46. The molecule has 0 fully saturated rings. The summed E-state index contributed by atoms with van der Waals surface area (Å²) in [6.45, 7) is 0. The second kappa shape index (κ2) is 8.40. The van der Waals surface area contributed by atoms with Crippen LogP contribution in [0.2, 0.25) is 0 Å². The average Bonchev–Trinajstić information content (AvgIpc) is 3.17. The second-order valence-electron chi connectivity index (χ2n) is 6.97. The number of nitrogens with zero attached hydrogens (tertiary/aromatic N) is 2. The van der Waals surface area contributed by atoms with E-state index in [-0.39, 0.29) is 12.1 Å². The van der Waals surface area contributed by atoms with Gasteiger partial charge in [0.05, 0.1) is 23.4 Å². The maximum Gasteiger partial charge on any atom is 0.416 e. The molecule has 4 rings (SSSR count). The molecule has 3 nitrogen and oxygen atoms in total. The molecule has 0 unspecified atom stereocenters. The molecule has 0 radical (unpaired) electrons. The van der Waals surface area contributed by atoms with Crippen LogP contribution in [-0.4, -0.2) is 15.0 Å². The van der Waals surface area contributed by atoms with Crippen molar-refractivity contribution >= 4 is 16.8 Å². The van der Waals surface area contributed by atoms with Crippen LogP contribution in [0.4, 0.5) is 13.2 Å². The van der Waals surface area contributed by atoms with Crippen LogP contribution in [0.15, 0.2) is 85.1 Å². The van der Waals surface area contributed by atoms with Crippen molar-refractivity contribution in [1.82, 2.24) is 9.78 Å². The van der Waals surface area contributed by atoms with Crippen LogP contribution in [0.25, 0.3) is 28.1 Å². The molecule has 0 aliphatic carbocycles. The minimum Gasteiger partial charge on any atom is -0.281 e. The van der Waals surface area contributed by atoms with Crippen LogP contribution in [-0.2, 0) is 17.4 Å². The van der Waals surface area contributed by atoms with Crippen LogP contribution in [0.1, 0.15) is 11.1 Å². The third-order valence-electron chi connectivity index (χ3n) is 4.82. The van der Waals surface area contributed by atoms with Gasteiger partial charge < -0.3 is 0 Å². The lowest BCUT2D eigenvalue weighted by Crippen LogP contribution is -2.06. The molecule has 0 spiro atoms. The fourth-order valence-corrected chi connectivity index (χ4v) is 3.48. The van der Waals surface area contributed by atoms with Crippen molar-refractivity contribution in [2.75, 3.05) is 0 Å². The number of carbonyl (C=O) groups is 1. The molecule has 0 saturated heterocycles. The molecule has 31 heavy (non-hydrogen) atoms. The molecule has 1 heterocycles. The Kier molecular flexibility index (Phi) is 5.65. The molecule has 4 aromatic rings. The Morgan fingerprint density at radius 1 is 0.871 bits per heavy atom. The highest BCUT2D eigenvalue weighted by Gasteiger charge is 2.30. The Bertz CT molecular complexity index is 1220. The molecule has 156 valence electrons.